The number of halogens is 1. The predicted molar refractivity (Wildman–Crippen MR) is 51.3 cm³/mol. The van der Waals surface area contributed by atoms with E-state index in [-0.39, 0.29) is 10.8 Å². The van der Waals surface area contributed by atoms with Crippen LogP contribution in [0.3, 0.4) is 0 Å². The summed E-state index contributed by atoms with van der Waals surface area (Å²) in [6, 6.07) is 2.86. The first-order valence-electron chi connectivity index (χ1n) is 3.88. The molecule has 2 rings (SSSR count). The van der Waals surface area contributed by atoms with Crippen LogP contribution < -0.4 is 0 Å². The van der Waals surface area contributed by atoms with Gasteiger partial charge in [0, 0.05) is 0 Å². The molecule has 0 bridgehead atoms. The highest BCUT2D eigenvalue weighted by atomic mass is 32.1. The lowest BCUT2D eigenvalue weighted by Crippen LogP contribution is -1.93. The van der Waals surface area contributed by atoms with E-state index in [0.29, 0.717) is 15.8 Å². The van der Waals surface area contributed by atoms with Gasteiger partial charge in [0.25, 0.3) is 0 Å². The Morgan fingerprint density at radius 1 is 1.57 bits per heavy atom. The molecule has 0 aliphatic carbocycles. The highest BCUT2D eigenvalue weighted by molar-refractivity contribution is 7.20. The van der Waals surface area contributed by atoms with Crippen molar-refractivity contribution in [2.24, 2.45) is 0 Å². The number of carboxylic acid groups (broad SMARTS) is 1. The number of carbonyl (C=O) groups is 1. The van der Waals surface area contributed by atoms with Gasteiger partial charge in [0.1, 0.15) is 5.82 Å². The Labute approximate surface area is 82.8 Å². The molecule has 1 aromatic carbocycles. The third kappa shape index (κ3) is 1.35. The second-order valence-corrected chi connectivity index (χ2v) is 3.92. The van der Waals surface area contributed by atoms with Crippen LogP contribution in [0, 0.1) is 12.7 Å². The smallest absolute Gasteiger partial charge is 0.365 e. The van der Waals surface area contributed by atoms with Gasteiger partial charge in [-0.3, -0.25) is 0 Å². The van der Waals surface area contributed by atoms with Gasteiger partial charge in [-0.2, -0.15) is 0 Å². The van der Waals surface area contributed by atoms with Crippen LogP contribution in [0.2, 0.25) is 0 Å². The number of aromatic nitrogens is 1. The number of hydrogen-bond acceptors (Lipinski definition) is 3. The molecule has 0 spiro atoms. The van der Waals surface area contributed by atoms with Gasteiger partial charge in [0.15, 0.2) is 0 Å². The van der Waals surface area contributed by atoms with E-state index in [4.69, 9.17) is 5.11 Å². The van der Waals surface area contributed by atoms with Gasteiger partial charge in [-0.05, 0) is 24.6 Å². The van der Waals surface area contributed by atoms with Crippen molar-refractivity contribution in [3.8, 4) is 0 Å². The molecule has 0 atom stereocenters. The van der Waals surface area contributed by atoms with Gasteiger partial charge in [-0.15, -0.1) is 11.3 Å². The van der Waals surface area contributed by atoms with Crippen LogP contribution in [0.1, 0.15) is 15.4 Å². The molecule has 0 saturated carbocycles. The van der Waals surface area contributed by atoms with Crippen molar-refractivity contribution in [3.63, 3.8) is 0 Å². The lowest BCUT2D eigenvalue weighted by molar-refractivity contribution is 0.0696. The van der Waals surface area contributed by atoms with Crippen molar-refractivity contribution >= 4 is 27.5 Å². The molecule has 1 heterocycles. The van der Waals surface area contributed by atoms with Crippen molar-refractivity contribution in [2.75, 3.05) is 0 Å². The molecule has 0 aliphatic rings. The van der Waals surface area contributed by atoms with Crippen molar-refractivity contribution in [1.29, 1.82) is 0 Å². The molecule has 5 heteroatoms. The fraction of sp³-hybridized carbons (Fsp3) is 0.111. The number of aromatic carboxylic acids is 1. The van der Waals surface area contributed by atoms with E-state index in [2.05, 4.69) is 4.98 Å². The summed E-state index contributed by atoms with van der Waals surface area (Å²) in [5.74, 6) is -1.41. The Hall–Kier alpha value is -1.49. The number of benzene rings is 1. The van der Waals surface area contributed by atoms with E-state index in [9.17, 15) is 9.18 Å². The van der Waals surface area contributed by atoms with E-state index in [0.717, 1.165) is 11.3 Å². The molecule has 1 aromatic heterocycles. The minimum absolute atomic E-state index is 0.00926. The molecule has 14 heavy (non-hydrogen) atoms. The van der Waals surface area contributed by atoms with Crippen LogP contribution in [0.5, 0.6) is 0 Å². The minimum Gasteiger partial charge on any atom is -0.476 e. The quantitative estimate of drug-likeness (QED) is 0.788. The minimum atomic E-state index is -1.08. The fourth-order valence-corrected chi connectivity index (χ4v) is 1.96. The fourth-order valence-electron chi connectivity index (χ4n) is 1.14. The zero-order valence-corrected chi connectivity index (χ0v) is 8.06. The standard InChI is InChI=1S/C9H6FNO2S/c1-4-2-6-7(3-5(4)10)14-8(11-6)9(12)13/h2-3H,1H3,(H,12,13). The average Bonchev–Trinajstić information content (AvgIpc) is 2.48. The van der Waals surface area contributed by atoms with Crippen molar-refractivity contribution < 1.29 is 14.3 Å². The number of rotatable bonds is 1. The molecule has 0 fully saturated rings. The summed E-state index contributed by atoms with van der Waals surface area (Å²) in [5, 5.41) is 8.67. The lowest BCUT2D eigenvalue weighted by Gasteiger charge is -1.93. The number of fused-ring (bicyclic) bond motifs is 1. The number of aryl methyl sites for hydroxylation is 1. The van der Waals surface area contributed by atoms with Crippen LogP contribution in [-0.4, -0.2) is 16.1 Å². The molecular weight excluding hydrogens is 205 g/mol. The summed E-state index contributed by atoms with van der Waals surface area (Å²) < 4.78 is 13.7. The zero-order chi connectivity index (χ0) is 10.3. The van der Waals surface area contributed by atoms with E-state index in [1.165, 1.54) is 6.07 Å². The number of hydrogen-bond donors (Lipinski definition) is 1. The van der Waals surface area contributed by atoms with Crippen molar-refractivity contribution in [3.05, 3.63) is 28.5 Å². The summed E-state index contributed by atoms with van der Waals surface area (Å²) in [5.41, 5.74) is 1.01. The molecule has 0 amide bonds. The first kappa shape index (κ1) is 9.08. The van der Waals surface area contributed by atoms with E-state index < -0.39 is 5.97 Å². The average molecular weight is 211 g/mol. The number of thiazole rings is 1. The zero-order valence-electron chi connectivity index (χ0n) is 7.24. The third-order valence-corrected chi connectivity index (χ3v) is 2.86. The molecule has 3 nitrogen and oxygen atoms in total. The molecule has 1 N–H and O–H groups in total. The van der Waals surface area contributed by atoms with Crippen LogP contribution in [-0.2, 0) is 0 Å². The summed E-state index contributed by atoms with van der Waals surface area (Å²) in [4.78, 5) is 14.5. The van der Waals surface area contributed by atoms with Gasteiger partial charge in [-0.1, -0.05) is 0 Å². The van der Waals surface area contributed by atoms with Gasteiger partial charge in [0.2, 0.25) is 5.01 Å². The Morgan fingerprint density at radius 2 is 2.29 bits per heavy atom. The lowest BCUT2D eigenvalue weighted by atomic mass is 10.2. The second kappa shape index (κ2) is 3.02. The van der Waals surface area contributed by atoms with Crippen LogP contribution in [0.4, 0.5) is 4.39 Å². The molecule has 72 valence electrons. The van der Waals surface area contributed by atoms with E-state index in [1.54, 1.807) is 13.0 Å². The normalized spacial score (nSPS) is 10.7. The molecule has 0 saturated heterocycles. The van der Waals surface area contributed by atoms with Crippen molar-refractivity contribution in [1.82, 2.24) is 4.98 Å². The Bertz CT molecular complexity index is 482. The van der Waals surface area contributed by atoms with Crippen molar-refractivity contribution in [2.45, 2.75) is 6.92 Å². The molecule has 2 aromatic rings. The number of carboxylic acids is 1. The first-order chi connectivity index (χ1) is 6.58. The summed E-state index contributed by atoms with van der Waals surface area (Å²) in [6.45, 7) is 1.62. The maximum Gasteiger partial charge on any atom is 0.365 e. The van der Waals surface area contributed by atoms with Crippen LogP contribution >= 0.6 is 11.3 Å². The first-order valence-corrected chi connectivity index (χ1v) is 4.69. The van der Waals surface area contributed by atoms with Gasteiger partial charge < -0.3 is 5.11 Å². The number of nitrogens with zero attached hydrogens (tertiary/aromatic N) is 1. The topological polar surface area (TPSA) is 50.2 Å². The van der Waals surface area contributed by atoms with E-state index in [1.807, 2.05) is 0 Å². The maximum atomic E-state index is 13.1. The Balaban J connectivity index is 2.72. The second-order valence-electron chi connectivity index (χ2n) is 2.89. The molecule has 0 unspecified atom stereocenters. The van der Waals surface area contributed by atoms with Crippen LogP contribution in [0.25, 0.3) is 10.2 Å². The Morgan fingerprint density at radius 3 is 2.93 bits per heavy atom. The monoisotopic (exact) mass is 211 g/mol. The molecule has 0 aliphatic heterocycles. The Kier molecular flexibility index (Phi) is 1.96. The maximum absolute atomic E-state index is 13.1. The van der Waals surface area contributed by atoms with E-state index >= 15 is 0 Å². The summed E-state index contributed by atoms with van der Waals surface area (Å²) in [6.07, 6.45) is 0. The summed E-state index contributed by atoms with van der Waals surface area (Å²) >= 11 is 0.978. The van der Waals surface area contributed by atoms with Gasteiger partial charge in [0.05, 0.1) is 10.2 Å². The molecular formula is C9H6FNO2S. The predicted octanol–water partition coefficient (Wildman–Crippen LogP) is 2.44. The van der Waals surface area contributed by atoms with Gasteiger partial charge in [-0.25, -0.2) is 14.2 Å². The van der Waals surface area contributed by atoms with Gasteiger partial charge >= 0.3 is 5.97 Å². The molecule has 0 radical (unpaired) electrons. The third-order valence-electron chi connectivity index (χ3n) is 1.85. The largest absolute Gasteiger partial charge is 0.476 e. The summed E-state index contributed by atoms with van der Waals surface area (Å²) in [7, 11) is 0. The highest BCUT2D eigenvalue weighted by Crippen LogP contribution is 2.24. The highest BCUT2D eigenvalue weighted by Gasteiger charge is 2.11. The van der Waals surface area contributed by atoms with Crippen LogP contribution in [0.15, 0.2) is 12.1 Å². The SMILES string of the molecule is Cc1cc2nc(C(=O)O)sc2cc1F.